The number of carbonyl (C=O) groups excluding carboxylic acids is 1. The van der Waals surface area contributed by atoms with Gasteiger partial charge in [-0.25, -0.2) is 9.50 Å². The number of aromatic amines is 1. The topological polar surface area (TPSA) is 75.1 Å². The number of nitrogens with one attached hydrogen (secondary N) is 2. The molecule has 0 spiro atoms. The number of amides is 1. The summed E-state index contributed by atoms with van der Waals surface area (Å²) in [5.41, 5.74) is 4.10. The molecule has 0 aliphatic heterocycles. The Balaban J connectivity index is 1.30. The molecule has 0 aliphatic carbocycles. The third kappa shape index (κ3) is 3.24. The predicted octanol–water partition coefficient (Wildman–Crippen LogP) is 2.85. The van der Waals surface area contributed by atoms with E-state index in [1.54, 1.807) is 16.9 Å². The first-order valence-electron chi connectivity index (χ1n) is 8.40. The zero-order valence-corrected chi connectivity index (χ0v) is 13.8. The van der Waals surface area contributed by atoms with E-state index in [9.17, 15) is 4.79 Å². The molecule has 0 radical (unpaired) electrons. The van der Waals surface area contributed by atoms with Crippen LogP contribution in [-0.2, 0) is 17.8 Å². The maximum Gasteiger partial charge on any atom is 0.220 e. The molecule has 2 N–H and O–H groups in total. The van der Waals surface area contributed by atoms with E-state index in [0.717, 1.165) is 29.7 Å². The van der Waals surface area contributed by atoms with Crippen LogP contribution >= 0.6 is 0 Å². The molecule has 1 amide bonds. The van der Waals surface area contributed by atoms with E-state index in [2.05, 4.69) is 32.5 Å². The summed E-state index contributed by atoms with van der Waals surface area (Å²) in [4.78, 5) is 19.6. The Morgan fingerprint density at radius 3 is 3.04 bits per heavy atom. The van der Waals surface area contributed by atoms with Gasteiger partial charge in [-0.2, -0.15) is 5.10 Å². The van der Waals surface area contributed by atoms with Gasteiger partial charge in [0.05, 0.1) is 18.4 Å². The van der Waals surface area contributed by atoms with Crippen molar-refractivity contribution in [1.29, 1.82) is 0 Å². The molecule has 1 aromatic carbocycles. The van der Waals surface area contributed by atoms with Gasteiger partial charge in [0.1, 0.15) is 0 Å². The highest BCUT2D eigenvalue weighted by molar-refractivity contribution is 5.83. The van der Waals surface area contributed by atoms with Crippen LogP contribution < -0.4 is 5.32 Å². The smallest absolute Gasteiger partial charge is 0.220 e. The lowest BCUT2D eigenvalue weighted by atomic mass is 10.1. The summed E-state index contributed by atoms with van der Waals surface area (Å²) in [5.74, 6) is 0.0527. The Hall–Kier alpha value is -3.15. The monoisotopic (exact) mass is 333 g/mol. The Kier molecular flexibility index (Phi) is 4.16. The number of hydrogen-bond acceptors (Lipinski definition) is 3. The van der Waals surface area contributed by atoms with E-state index >= 15 is 0 Å². The van der Waals surface area contributed by atoms with Crippen LogP contribution in [0.3, 0.4) is 0 Å². The Morgan fingerprint density at radius 1 is 1.16 bits per heavy atom. The van der Waals surface area contributed by atoms with Crippen LogP contribution in [0.2, 0.25) is 0 Å². The van der Waals surface area contributed by atoms with Crippen LogP contribution in [0.5, 0.6) is 0 Å². The second-order valence-electron chi connectivity index (χ2n) is 6.03. The van der Waals surface area contributed by atoms with Crippen LogP contribution in [0, 0.1) is 0 Å². The normalized spacial score (nSPS) is 11.2. The summed E-state index contributed by atoms with van der Waals surface area (Å²) in [6.45, 7) is 0.451. The fraction of sp³-hybridized carbons (Fsp3) is 0.211. The first-order chi connectivity index (χ1) is 12.3. The Morgan fingerprint density at radius 2 is 2.08 bits per heavy atom. The second-order valence-corrected chi connectivity index (χ2v) is 6.03. The molecule has 3 aromatic heterocycles. The number of hydrogen-bond donors (Lipinski definition) is 2. The number of para-hydroxylation sites is 1. The average molecular weight is 333 g/mol. The van der Waals surface area contributed by atoms with E-state index in [-0.39, 0.29) is 5.91 Å². The highest BCUT2D eigenvalue weighted by Gasteiger charge is 2.07. The molecule has 0 atom stereocenters. The largest absolute Gasteiger partial charge is 0.361 e. The molecule has 0 fully saturated rings. The number of fused-ring (bicyclic) bond motifs is 2. The molecule has 6 heteroatoms. The van der Waals surface area contributed by atoms with E-state index in [4.69, 9.17) is 0 Å². The van der Waals surface area contributed by atoms with E-state index in [1.807, 2.05) is 30.5 Å². The molecule has 6 nitrogen and oxygen atoms in total. The lowest BCUT2D eigenvalue weighted by molar-refractivity contribution is -0.121. The highest BCUT2D eigenvalue weighted by Crippen LogP contribution is 2.19. The molecular weight excluding hydrogens is 314 g/mol. The predicted molar refractivity (Wildman–Crippen MR) is 96.1 cm³/mol. The molecule has 3 heterocycles. The molecule has 0 bridgehead atoms. The van der Waals surface area contributed by atoms with E-state index in [0.29, 0.717) is 13.0 Å². The molecule has 0 aliphatic rings. The van der Waals surface area contributed by atoms with Crippen molar-refractivity contribution in [3.8, 4) is 0 Å². The van der Waals surface area contributed by atoms with Crippen molar-refractivity contribution in [3.63, 3.8) is 0 Å². The van der Waals surface area contributed by atoms with Crippen molar-refractivity contribution in [1.82, 2.24) is 24.9 Å². The van der Waals surface area contributed by atoms with Gasteiger partial charge in [0.15, 0.2) is 5.65 Å². The number of benzene rings is 1. The van der Waals surface area contributed by atoms with Crippen LogP contribution in [0.25, 0.3) is 16.6 Å². The van der Waals surface area contributed by atoms with Crippen LogP contribution in [0.1, 0.15) is 24.1 Å². The molecule has 4 rings (SSSR count). The zero-order chi connectivity index (χ0) is 17.1. The van der Waals surface area contributed by atoms with Gasteiger partial charge < -0.3 is 10.3 Å². The maximum atomic E-state index is 12.1. The first-order valence-corrected chi connectivity index (χ1v) is 8.40. The highest BCUT2D eigenvalue weighted by atomic mass is 16.1. The molecule has 0 saturated carbocycles. The maximum absolute atomic E-state index is 12.1. The van der Waals surface area contributed by atoms with Crippen molar-refractivity contribution in [2.45, 2.75) is 25.8 Å². The minimum atomic E-state index is 0.0527. The standard InChI is InChI=1S/C19H19N5O/c25-19(22-13-15-8-10-20-18-9-11-23-24(15)18)7-3-4-14-12-21-17-6-2-1-5-16(14)17/h1-2,5-6,8-12,21H,3-4,7,13H2,(H,22,25). The van der Waals surface area contributed by atoms with Gasteiger partial charge >= 0.3 is 0 Å². The molecule has 0 unspecified atom stereocenters. The summed E-state index contributed by atoms with van der Waals surface area (Å²) in [5, 5.41) is 8.42. The minimum Gasteiger partial charge on any atom is -0.361 e. The summed E-state index contributed by atoms with van der Waals surface area (Å²) in [6, 6.07) is 11.9. The van der Waals surface area contributed by atoms with E-state index < -0.39 is 0 Å². The molecule has 0 saturated heterocycles. The third-order valence-corrected chi connectivity index (χ3v) is 4.36. The summed E-state index contributed by atoms with van der Waals surface area (Å²) in [7, 11) is 0. The lowest BCUT2D eigenvalue weighted by Gasteiger charge is -2.07. The minimum absolute atomic E-state index is 0.0527. The number of carbonyl (C=O) groups is 1. The van der Waals surface area contributed by atoms with Crippen molar-refractivity contribution < 1.29 is 4.79 Å². The van der Waals surface area contributed by atoms with Crippen LogP contribution in [-0.4, -0.2) is 25.5 Å². The number of rotatable bonds is 6. The van der Waals surface area contributed by atoms with Gasteiger partial charge in [-0.1, -0.05) is 18.2 Å². The fourth-order valence-corrected chi connectivity index (χ4v) is 3.07. The SMILES string of the molecule is O=C(CCCc1c[nH]c2ccccc12)NCc1ccnc2ccnn12. The van der Waals surface area contributed by atoms with E-state index in [1.165, 1.54) is 10.9 Å². The van der Waals surface area contributed by atoms with Gasteiger partial charge in [-0.3, -0.25) is 4.79 Å². The zero-order valence-electron chi connectivity index (χ0n) is 13.8. The number of nitrogens with zero attached hydrogens (tertiary/aromatic N) is 3. The quantitative estimate of drug-likeness (QED) is 0.570. The van der Waals surface area contributed by atoms with Gasteiger partial charge in [0, 0.05) is 35.8 Å². The van der Waals surface area contributed by atoms with Crippen LogP contribution in [0.4, 0.5) is 0 Å². The van der Waals surface area contributed by atoms with Gasteiger partial charge in [0.25, 0.3) is 0 Å². The number of H-pyrrole nitrogens is 1. The van der Waals surface area contributed by atoms with Crippen molar-refractivity contribution in [2.75, 3.05) is 0 Å². The Labute approximate surface area is 144 Å². The lowest BCUT2D eigenvalue weighted by Crippen LogP contribution is -2.24. The second kappa shape index (κ2) is 6.76. The molecule has 126 valence electrons. The first kappa shape index (κ1) is 15.4. The molecular formula is C19H19N5O. The van der Waals surface area contributed by atoms with Crippen molar-refractivity contribution in [3.05, 3.63) is 66.2 Å². The van der Waals surface area contributed by atoms with Gasteiger partial charge in [-0.15, -0.1) is 0 Å². The van der Waals surface area contributed by atoms with Crippen LogP contribution in [0.15, 0.2) is 55.0 Å². The van der Waals surface area contributed by atoms with Crippen molar-refractivity contribution >= 4 is 22.5 Å². The average Bonchev–Trinajstić information content (AvgIpc) is 3.27. The summed E-state index contributed by atoms with van der Waals surface area (Å²) >= 11 is 0. The third-order valence-electron chi connectivity index (χ3n) is 4.36. The Bertz CT molecular complexity index is 1020. The van der Waals surface area contributed by atoms with Gasteiger partial charge in [-0.05, 0) is 30.5 Å². The summed E-state index contributed by atoms with van der Waals surface area (Å²) < 4.78 is 1.74. The molecule has 4 aromatic rings. The molecule has 25 heavy (non-hydrogen) atoms. The van der Waals surface area contributed by atoms with Gasteiger partial charge in [0.2, 0.25) is 5.91 Å². The summed E-state index contributed by atoms with van der Waals surface area (Å²) in [6.07, 6.45) is 7.68. The fourth-order valence-electron chi connectivity index (χ4n) is 3.07. The van der Waals surface area contributed by atoms with Crippen molar-refractivity contribution in [2.24, 2.45) is 0 Å². The number of aryl methyl sites for hydroxylation is 1. The number of aromatic nitrogens is 4.